The molecule has 4 heteroatoms. The largest absolute Gasteiger partial charge is 0.366 e. The second-order valence-corrected chi connectivity index (χ2v) is 4.53. The molecule has 1 rings (SSSR count). The molecule has 0 aliphatic carbocycles. The number of rotatable bonds is 4. The molecule has 1 heterocycles. The fraction of sp³-hybridized carbons (Fsp3) is 1.00. The lowest BCUT2D eigenvalue weighted by atomic mass is 10.3. The van der Waals surface area contributed by atoms with Gasteiger partial charge in [-0.3, -0.25) is 0 Å². The van der Waals surface area contributed by atoms with Crippen molar-refractivity contribution in [2.45, 2.75) is 51.8 Å². The molecule has 1 aliphatic heterocycles. The molecule has 1 unspecified atom stereocenters. The third-order valence-electron chi connectivity index (χ3n) is 1.96. The van der Waals surface area contributed by atoms with E-state index in [9.17, 15) is 5.11 Å². The Morgan fingerprint density at radius 3 is 2.57 bits per heavy atom. The monoisotopic (exact) mass is 204 g/mol. The first kappa shape index (κ1) is 11.9. The van der Waals surface area contributed by atoms with Gasteiger partial charge in [-0.1, -0.05) is 0 Å². The average molecular weight is 204 g/mol. The summed E-state index contributed by atoms with van der Waals surface area (Å²) in [6.07, 6.45) is 0.820. The third kappa shape index (κ3) is 4.37. The first-order valence-electron chi connectivity index (χ1n) is 4.97. The van der Waals surface area contributed by atoms with E-state index >= 15 is 0 Å². The second-order valence-electron chi connectivity index (χ2n) is 4.53. The molecule has 0 bridgehead atoms. The van der Waals surface area contributed by atoms with Crippen LogP contribution in [0.3, 0.4) is 0 Å². The van der Waals surface area contributed by atoms with Crippen LogP contribution in [0.4, 0.5) is 0 Å². The standard InChI is InChI=1S/C10H20O4/c1-9(2,11)12-6-5-8-7-13-10(3,4)14-8/h8,11H,5-7H2,1-4H3. The van der Waals surface area contributed by atoms with E-state index in [-0.39, 0.29) is 6.10 Å². The second kappa shape index (κ2) is 4.14. The van der Waals surface area contributed by atoms with Crippen molar-refractivity contribution < 1.29 is 19.3 Å². The maximum Gasteiger partial charge on any atom is 0.163 e. The highest BCUT2D eigenvalue weighted by Crippen LogP contribution is 2.24. The molecule has 0 aromatic rings. The van der Waals surface area contributed by atoms with Gasteiger partial charge in [-0.05, 0) is 34.1 Å². The zero-order chi connectivity index (χ0) is 10.8. The Morgan fingerprint density at radius 1 is 1.50 bits per heavy atom. The highest BCUT2D eigenvalue weighted by molar-refractivity contribution is 4.70. The maximum atomic E-state index is 9.30. The first-order valence-corrected chi connectivity index (χ1v) is 4.97. The quantitative estimate of drug-likeness (QED) is 0.701. The number of hydrogen-bond acceptors (Lipinski definition) is 4. The summed E-state index contributed by atoms with van der Waals surface area (Å²) in [4.78, 5) is 0. The van der Waals surface area contributed by atoms with Gasteiger partial charge in [0.05, 0.1) is 19.3 Å². The fourth-order valence-electron chi connectivity index (χ4n) is 1.35. The van der Waals surface area contributed by atoms with E-state index in [1.807, 2.05) is 13.8 Å². The average Bonchev–Trinajstić information content (AvgIpc) is 2.27. The predicted octanol–water partition coefficient (Wildman–Crippen LogP) is 1.27. The minimum absolute atomic E-state index is 0.0762. The molecule has 0 aromatic carbocycles. The van der Waals surface area contributed by atoms with Crippen LogP contribution in [0.25, 0.3) is 0 Å². The summed E-state index contributed by atoms with van der Waals surface area (Å²) in [5.41, 5.74) is 0. The van der Waals surface area contributed by atoms with Crippen molar-refractivity contribution in [3.8, 4) is 0 Å². The molecule has 4 nitrogen and oxygen atoms in total. The fourth-order valence-corrected chi connectivity index (χ4v) is 1.35. The molecule has 1 fully saturated rings. The summed E-state index contributed by atoms with van der Waals surface area (Å²) >= 11 is 0. The zero-order valence-electron chi connectivity index (χ0n) is 9.37. The van der Waals surface area contributed by atoms with Gasteiger partial charge in [0, 0.05) is 0 Å². The van der Waals surface area contributed by atoms with E-state index < -0.39 is 11.6 Å². The lowest BCUT2D eigenvalue weighted by Gasteiger charge is -2.20. The Bertz CT molecular complexity index is 183. The summed E-state index contributed by atoms with van der Waals surface area (Å²) < 4.78 is 16.2. The van der Waals surface area contributed by atoms with Crippen molar-refractivity contribution in [1.82, 2.24) is 0 Å². The van der Waals surface area contributed by atoms with Crippen molar-refractivity contribution >= 4 is 0 Å². The molecule has 1 saturated heterocycles. The van der Waals surface area contributed by atoms with E-state index in [0.29, 0.717) is 13.2 Å². The smallest absolute Gasteiger partial charge is 0.163 e. The Labute approximate surface area is 85.2 Å². The first-order chi connectivity index (χ1) is 6.29. The Kier molecular flexibility index (Phi) is 3.53. The SMILES string of the molecule is CC(C)(O)OCCC1COC(C)(C)O1. The Hall–Kier alpha value is -0.160. The summed E-state index contributed by atoms with van der Waals surface area (Å²) in [5, 5.41) is 9.30. The number of hydrogen-bond donors (Lipinski definition) is 1. The lowest BCUT2D eigenvalue weighted by Crippen LogP contribution is -2.26. The zero-order valence-corrected chi connectivity index (χ0v) is 9.37. The van der Waals surface area contributed by atoms with E-state index in [0.717, 1.165) is 6.42 Å². The van der Waals surface area contributed by atoms with Gasteiger partial charge >= 0.3 is 0 Å². The molecule has 84 valence electrons. The summed E-state index contributed by atoms with van der Waals surface area (Å²) in [7, 11) is 0. The topological polar surface area (TPSA) is 47.9 Å². The Balaban J connectivity index is 2.15. The van der Waals surface area contributed by atoms with Gasteiger partial charge in [0.2, 0.25) is 0 Å². The minimum atomic E-state index is -1.06. The van der Waals surface area contributed by atoms with Gasteiger partial charge in [-0.25, -0.2) is 0 Å². The van der Waals surface area contributed by atoms with Crippen LogP contribution >= 0.6 is 0 Å². The van der Waals surface area contributed by atoms with Crippen molar-refractivity contribution in [2.24, 2.45) is 0 Å². The maximum absolute atomic E-state index is 9.30. The minimum Gasteiger partial charge on any atom is -0.366 e. The van der Waals surface area contributed by atoms with E-state index in [1.165, 1.54) is 0 Å². The van der Waals surface area contributed by atoms with Crippen molar-refractivity contribution in [1.29, 1.82) is 0 Å². The Morgan fingerprint density at radius 2 is 2.14 bits per heavy atom. The van der Waals surface area contributed by atoms with Gasteiger partial charge in [-0.15, -0.1) is 0 Å². The van der Waals surface area contributed by atoms with Crippen molar-refractivity contribution in [2.75, 3.05) is 13.2 Å². The molecule has 1 atom stereocenters. The molecule has 0 amide bonds. The van der Waals surface area contributed by atoms with Gasteiger partial charge in [0.25, 0.3) is 0 Å². The molecule has 0 aromatic heterocycles. The van der Waals surface area contributed by atoms with Crippen molar-refractivity contribution in [3.63, 3.8) is 0 Å². The summed E-state index contributed by atoms with van der Waals surface area (Å²) in [5.74, 6) is -1.53. The van der Waals surface area contributed by atoms with Gasteiger partial charge in [0.1, 0.15) is 0 Å². The van der Waals surface area contributed by atoms with Crippen LogP contribution in [-0.4, -0.2) is 36.0 Å². The van der Waals surface area contributed by atoms with E-state index in [2.05, 4.69) is 0 Å². The van der Waals surface area contributed by atoms with Crippen molar-refractivity contribution in [3.05, 3.63) is 0 Å². The molecule has 14 heavy (non-hydrogen) atoms. The van der Waals surface area contributed by atoms with Crippen LogP contribution < -0.4 is 0 Å². The van der Waals surface area contributed by atoms with Crippen LogP contribution in [0, 0.1) is 0 Å². The molecule has 1 N–H and O–H groups in total. The highest BCUT2D eigenvalue weighted by atomic mass is 16.7. The molecule has 1 aliphatic rings. The lowest BCUT2D eigenvalue weighted by molar-refractivity contribution is -0.183. The van der Waals surface area contributed by atoms with E-state index in [4.69, 9.17) is 14.2 Å². The normalized spacial score (nSPS) is 26.8. The van der Waals surface area contributed by atoms with Crippen LogP contribution in [0.15, 0.2) is 0 Å². The van der Waals surface area contributed by atoms with Gasteiger partial charge in [0.15, 0.2) is 11.6 Å². The van der Waals surface area contributed by atoms with E-state index in [1.54, 1.807) is 13.8 Å². The van der Waals surface area contributed by atoms with Crippen LogP contribution in [0.1, 0.15) is 34.1 Å². The molecular weight excluding hydrogens is 184 g/mol. The molecular formula is C10H20O4. The molecule has 0 radical (unpaired) electrons. The van der Waals surface area contributed by atoms with Crippen LogP contribution in [0.5, 0.6) is 0 Å². The van der Waals surface area contributed by atoms with Crippen LogP contribution in [-0.2, 0) is 14.2 Å². The highest BCUT2D eigenvalue weighted by Gasteiger charge is 2.32. The predicted molar refractivity (Wildman–Crippen MR) is 51.8 cm³/mol. The number of aliphatic hydroxyl groups is 1. The van der Waals surface area contributed by atoms with Crippen LogP contribution in [0.2, 0.25) is 0 Å². The summed E-state index contributed by atoms with van der Waals surface area (Å²) in [6, 6.07) is 0. The molecule has 0 spiro atoms. The summed E-state index contributed by atoms with van der Waals surface area (Å²) in [6.45, 7) is 8.09. The van der Waals surface area contributed by atoms with Gasteiger partial charge < -0.3 is 19.3 Å². The van der Waals surface area contributed by atoms with Gasteiger partial charge in [-0.2, -0.15) is 0 Å². The third-order valence-corrected chi connectivity index (χ3v) is 1.96. The molecule has 0 saturated carbocycles. The number of ether oxygens (including phenoxy) is 3.